The third kappa shape index (κ3) is 5.03. The average molecular weight is 483 g/mol. The molecule has 184 valence electrons. The predicted octanol–water partition coefficient (Wildman–Crippen LogP) is 5.23. The number of hydrogen-bond acceptors (Lipinski definition) is 4. The molecule has 2 aliphatic rings. The fraction of sp³-hybridized carbons (Fsp3) is 0.300. The molecule has 1 aliphatic heterocycles. The number of para-hydroxylation sites is 2. The van der Waals surface area contributed by atoms with Crippen LogP contribution in [0.5, 0.6) is 0 Å². The number of carbonyl (C=O) groups excluding carboxylic acids is 3. The van der Waals surface area contributed by atoms with Crippen molar-refractivity contribution in [1.29, 1.82) is 0 Å². The Hall–Kier alpha value is -3.93. The zero-order valence-electron chi connectivity index (χ0n) is 20.2. The first kappa shape index (κ1) is 23.8. The maximum atomic E-state index is 13.5. The number of anilines is 2. The van der Waals surface area contributed by atoms with Gasteiger partial charge in [0.1, 0.15) is 0 Å². The molecule has 0 radical (unpaired) electrons. The Kier molecular flexibility index (Phi) is 7.12. The van der Waals surface area contributed by atoms with E-state index in [9.17, 15) is 14.4 Å². The summed E-state index contributed by atoms with van der Waals surface area (Å²) in [6, 6.07) is 25.2. The van der Waals surface area contributed by atoms with Crippen LogP contribution in [0.3, 0.4) is 0 Å². The van der Waals surface area contributed by atoms with Crippen LogP contribution in [0.1, 0.15) is 31.2 Å². The van der Waals surface area contributed by atoms with Crippen LogP contribution in [-0.2, 0) is 25.5 Å². The number of fused-ring (bicyclic) bond motifs is 1. The Morgan fingerprint density at radius 3 is 2.36 bits per heavy atom. The van der Waals surface area contributed by atoms with Crippen LogP contribution in [-0.4, -0.2) is 30.9 Å². The van der Waals surface area contributed by atoms with Crippen LogP contribution in [0.2, 0.25) is 0 Å². The molecule has 3 aromatic carbocycles. The standard InChI is InChI=1S/C30H30N2O4/c33-28(31-26-16-8-7-13-23(26)21-10-2-1-3-11-21)20-36-30(35)25-15-6-5-14-24(25)29(34)32-19-18-22-12-4-9-17-27(22)32/h1-4,7-13,16-17,24-25H,5-6,14-15,18-20H2,(H,31,33)/t24-,25-/m1/s1. The van der Waals surface area contributed by atoms with Gasteiger partial charge in [0, 0.05) is 23.5 Å². The van der Waals surface area contributed by atoms with E-state index in [1.54, 1.807) is 0 Å². The van der Waals surface area contributed by atoms with Gasteiger partial charge in [-0.2, -0.15) is 0 Å². The molecule has 5 rings (SSSR count). The Labute approximate surface area is 211 Å². The van der Waals surface area contributed by atoms with E-state index in [0.29, 0.717) is 25.1 Å². The molecule has 1 saturated carbocycles. The lowest BCUT2D eigenvalue weighted by atomic mass is 9.78. The van der Waals surface area contributed by atoms with Crippen LogP contribution >= 0.6 is 0 Å². The molecule has 2 atom stereocenters. The van der Waals surface area contributed by atoms with Crippen LogP contribution in [0.4, 0.5) is 11.4 Å². The van der Waals surface area contributed by atoms with Crippen molar-refractivity contribution >= 4 is 29.2 Å². The average Bonchev–Trinajstić information content (AvgIpc) is 3.36. The van der Waals surface area contributed by atoms with Crippen molar-refractivity contribution in [2.24, 2.45) is 11.8 Å². The number of benzene rings is 3. The van der Waals surface area contributed by atoms with E-state index in [0.717, 1.165) is 41.6 Å². The number of hydrogen-bond donors (Lipinski definition) is 1. The van der Waals surface area contributed by atoms with Crippen molar-refractivity contribution in [2.45, 2.75) is 32.1 Å². The minimum absolute atomic E-state index is 0.0113. The Morgan fingerprint density at radius 2 is 1.53 bits per heavy atom. The summed E-state index contributed by atoms with van der Waals surface area (Å²) in [5.41, 5.74) is 4.63. The fourth-order valence-corrected chi connectivity index (χ4v) is 5.37. The largest absolute Gasteiger partial charge is 0.455 e. The third-order valence-corrected chi connectivity index (χ3v) is 7.17. The highest BCUT2D eigenvalue weighted by Gasteiger charge is 2.40. The van der Waals surface area contributed by atoms with Crippen LogP contribution in [0.25, 0.3) is 11.1 Å². The molecule has 0 saturated heterocycles. The first-order chi connectivity index (χ1) is 17.6. The molecule has 0 unspecified atom stereocenters. The van der Waals surface area contributed by atoms with Gasteiger partial charge >= 0.3 is 5.97 Å². The summed E-state index contributed by atoms with van der Waals surface area (Å²) in [5, 5.41) is 2.87. The Bertz CT molecular complexity index is 1260. The van der Waals surface area contributed by atoms with Gasteiger partial charge in [-0.25, -0.2) is 0 Å². The molecular formula is C30H30N2O4. The second kappa shape index (κ2) is 10.8. The number of ether oxygens (including phenoxy) is 1. The quantitative estimate of drug-likeness (QED) is 0.488. The first-order valence-electron chi connectivity index (χ1n) is 12.6. The van der Waals surface area contributed by atoms with Crippen molar-refractivity contribution in [2.75, 3.05) is 23.4 Å². The number of amides is 2. The summed E-state index contributed by atoms with van der Waals surface area (Å²) in [7, 11) is 0. The Balaban J connectivity index is 1.22. The molecule has 6 nitrogen and oxygen atoms in total. The third-order valence-electron chi connectivity index (χ3n) is 7.17. The molecule has 1 aliphatic carbocycles. The number of rotatable bonds is 6. The molecule has 0 aromatic heterocycles. The Morgan fingerprint density at radius 1 is 0.833 bits per heavy atom. The normalized spacial score (nSPS) is 18.8. The summed E-state index contributed by atoms with van der Waals surface area (Å²) in [4.78, 5) is 41.0. The monoisotopic (exact) mass is 482 g/mol. The highest BCUT2D eigenvalue weighted by molar-refractivity contribution is 6.00. The SMILES string of the molecule is O=C(COC(=O)[C@@H]1CCCC[C@H]1C(=O)N1CCc2ccccc21)Nc1ccccc1-c1ccccc1. The van der Waals surface area contributed by atoms with Crippen molar-refractivity contribution < 1.29 is 19.1 Å². The second-order valence-corrected chi connectivity index (χ2v) is 9.43. The summed E-state index contributed by atoms with van der Waals surface area (Å²) >= 11 is 0. The number of nitrogens with one attached hydrogen (secondary N) is 1. The highest BCUT2D eigenvalue weighted by atomic mass is 16.5. The first-order valence-corrected chi connectivity index (χ1v) is 12.6. The van der Waals surface area contributed by atoms with Crippen molar-refractivity contribution in [3.05, 3.63) is 84.4 Å². The van der Waals surface area contributed by atoms with Gasteiger partial charge < -0.3 is 15.0 Å². The van der Waals surface area contributed by atoms with E-state index in [2.05, 4.69) is 5.32 Å². The van der Waals surface area contributed by atoms with E-state index in [-0.39, 0.29) is 12.5 Å². The molecule has 1 fully saturated rings. The lowest BCUT2D eigenvalue weighted by Gasteiger charge is -2.32. The van der Waals surface area contributed by atoms with E-state index in [4.69, 9.17) is 4.74 Å². The summed E-state index contributed by atoms with van der Waals surface area (Å²) in [6.07, 6.45) is 3.87. The van der Waals surface area contributed by atoms with Gasteiger partial charge in [0.05, 0.1) is 11.8 Å². The zero-order valence-corrected chi connectivity index (χ0v) is 20.2. The van der Waals surface area contributed by atoms with E-state index in [1.807, 2.05) is 83.8 Å². The van der Waals surface area contributed by atoms with Gasteiger partial charge in [-0.1, -0.05) is 79.6 Å². The minimum Gasteiger partial charge on any atom is -0.455 e. The summed E-state index contributed by atoms with van der Waals surface area (Å²) in [6.45, 7) is 0.256. The summed E-state index contributed by atoms with van der Waals surface area (Å²) in [5.74, 6) is -1.82. The van der Waals surface area contributed by atoms with Crippen LogP contribution in [0.15, 0.2) is 78.9 Å². The molecule has 1 heterocycles. The molecule has 6 heteroatoms. The minimum atomic E-state index is -0.525. The molecule has 1 N–H and O–H groups in total. The van der Waals surface area contributed by atoms with Crippen LogP contribution in [0, 0.1) is 11.8 Å². The second-order valence-electron chi connectivity index (χ2n) is 9.43. The van der Waals surface area contributed by atoms with Crippen molar-refractivity contribution in [1.82, 2.24) is 0 Å². The maximum absolute atomic E-state index is 13.5. The molecule has 0 bridgehead atoms. The van der Waals surface area contributed by atoms with Gasteiger partial charge in [0.25, 0.3) is 5.91 Å². The van der Waals surface area contributed by atoms with Crippen molar-refractivity contribution in [3.8, 4) is 11.1 Å². The van der Waals surface area contributed by atoms with Gasteiger partial charge in [-0.15, -0.1) is 0 Å². The van der Waals surface area contributed by atoms with Crippen molar-refractivity contribution in [3.63, 3.8) is 0 Å². The topological polar surface area (TPSA) is 75.7 Å². The summed E-state index contributed by atoms with van der Waals surface area (Å²) < 4.78 is 5.45. The van der Waals surface area contributed by atoms with E-state index >= 15 is 0 Å². The van der Waals surface area contributed by atoms with E-state index < -0.39 is 23.7 Å². The number of carbonyl (C=O) groups is 3. The molecular weight excluding hydrogens is 452 g/mol. The smallest absolute Gasteiger partial charge is 0.310 e. The maximum Gasteiger partial charge on any atom is 0.310 e. The number of esters is 1. The van der Waals surface area contributed by atoms with E-state index in [1.165, 1.54) is 0 Å². The lowest BCUT2D eigenvalue weighted by Crippen LogP contribution is -2.42. The molecule has 3 aromatic rings. The highest BCUT2D eigenvalue weighted by Crippen LogP contribution is 2.36. The van der Waals surface area contributed by atoms with Gasteiger partial charge in [0.15, 0.2) is 6.61 Å². The predicted molar refractivity (Wildman–Crippen MR) is 139 cm³/mol. The molecule has 2 amide bonds. The number of nitrogens with zero attached hydrogens (tertiary/aromatic N) is 1. The molecule has 0 spiro atoms. The van der Waals surface area contributed by atoms with Crippen LogP contribution < -0.4 is 10.2 Å². The van der Waals surface area contributed by atoms with Gasteiger partial charge in [-0.05, 0) is 42.5 Å². The fourth-order valence-electron chi connectivity index (χ4n) is 5.37. The lowest BCUT2D eigenvalue weighted by molar-refractivity contribution is -0.156. The van der Waals surface area contributed by atoms with Gasteiger partial charge in [0.2, 0.25) is 5.91 Å². The van der Waals surface area contributed by atoms with Gasteiger partial charge in [-0.3, -0.25) is 14.4 Å². The molecule has 36 heavy (non-hydrogen) atoms. The zero-order chi connectivity index (χ0) is 24.9.